The van der Waals surface area contributed by atoms with Gasteiger partial charge < -0.3 is 9.47 Å². The first-order chi connectivity index (χ1) is 7.72. The Morgan fingerprint density at radius 1 is 1.57 bits per heavy atom. The zero-order valence-corrected chi connectivity index (χ0v) is 7.98. The highest BCUT2D eigenvalue weighted by atomic mass is 16.7. The maximum absolute atomic E-state index is 11.3. The smallest absolute Gasteiger partial charge is 0.428 e. The topological polar surface area (TPSA) is 48.4 Å². The number of hydrogen-bond donors (Lipinski definition) is 0. The molecule has 1 aromatic rings. The van der Waals surface area contributed by atoms with E-state index >= 15 is 0 Å². The molecule has 1 rings (SSSR count). The molecule has 0 radical (unpaired) electrons. The summed E-state index contributed by atoms with van der Waals surface area (Å²) in [4.78, 5) is 15.1. The quantitative estimate of drug-likeness (QED) is 0.650. The number of aromatic nitrogens is 1. The number of carbonyl (C=O) groups excluding carboxylic acids is 1. The van der Waals surface area contributed by atoms with Crippen LogP contribution in [0.4, 0.5) is 4.79 Å². The molecule has 0 unspecified atom stereocenters. The average Bonchev–Trinajstić information content (AvgIpc) is 2.16. The minimum Gasteiger partial charge on any atom is -0.428 e. The molecule has 0 aliphatic carbocycles. The number of rotatable bonds is 1. The van der Waals surface area contributed by atoms with Gasteiger partial charge in [-0.05, 0) is 26.8 Å². The molecule has 76 valence electrons. The van der Waals surface area contributed by atoms with E-state index in [0.29, 0.717) is 0 Å². The molecule has 1 aromatic heterocycles. The summed E-state index contributed by atoms with van der Waals surface area (Å²) in [6.45, 7) is 0.162. The summed E-state index contributed by atoms with van der Waals surface area (Å²) in [5.74, 6) is 0.0545. The summed E-state index contributed by atoms with van der Waals surface area (Å²) >= 11 is 0. The van der Waals surface area contributed by atoms with E-state index in [0.717, 1.165) is 0 Å². The largest absolute Gasteiger partial charge is 0.515 e. The fraction of sp³-hybridized carbons (Fsp3) is 0.400. The molecule has 0 atom stereocenters. The normalized spacial score (nSPS) is 14.9. The maximum Gasteiger partial charge on any atom is 0.515 e. The van der Waals surface area contributed by atoms with Crippen LogP contribution in [0, 0.1) is 0 Å². The van der Waals surface area contributed by atoms with Gasteiger partial charge >= 0.3 is 6.16 Å². The number of pyridine rings is 1. The Morgan fingerprint density at radius 2 is 2.36 bits per heavy atom. The van der Waals surface area contributed by atoms with Crippen molar-refractivity contribution in [1.82, 2.24) is 4.98 Å². The second-order valence-electron chi connectivity index (χ2n) is 3.13. The van der Waals surface area contributed by atoms with E-state index in [1.807, 2.05) is 0 Å². The van der Waals surface area contributed by atoms with Crippen LogP contribution in [-0.4, -0.2) is 16.7 Å². The molecule has 4 nitrogen and oxygen atoms in total. The van der Waals surface area contributed by atoms with Crippen molar-refractivity contribution in [1.29, 1.82) is 0 Å². The molecular weight excluding hydrogens is 182 g/mol. The lowest BCUT2D eigenvalue weighted by Crippen LogP contribution is -2.26. The van der Waals surface area contributed by atoms with E-state index in [4.69, 9.17) is 13.6 Å². The Labute approximate surface area is 87.1 Å². The Hall–Kier alpha value is -1.58. The van der Waals surface area contributed by atoms with Gasteiger partial charge in [0.15, 0.2) is 0 Å². The Bertz CT molecular complexity index is 390. The number of nitrogens with zero attached hydrogens (tertiary/aromatic N) is 1. The van der Waals surface area contributed by atoms with Crippen molar-refractivity contribution in [3.8, 4) is 5.88 Å². The molecule has 0 amide bonds. The molecule has 0 bridgehead atoms. The standard InChI is InChI=1S/C10H13NO3/c1-10(2,3)14-9(12)13-8-6-4-5-7-11-8/h4-7H,1-3H3/i1D3. The van der Waals surface area contributed by atoms with E-state index in [2.05, 4.69) is 4.98 Å². The molecule has 0 saturated carbocycles. The van der Waals surface area contributed by atoms with Crippen molar-refractivity contribution in [2.24, 2.45) is 0 Å². The van der Waals surface area contributed by atoms with Gasteiger partial charge in [-0.25, -0.2) is 9.78 Å². The van der Waals surface area contributed by atoms with Crippen molar-refractivity contribution in [3.05, 3.63) is 24.4 Å². The summed E-state index contributed by atoms with van der Waals surface area (Å²) in [7, 11) is 0. The van der Waals surface area contributed by atoms with Crippen LogP contribution in [0.5, 0.6) is 5.88 Å². The second kappa shape index (κ2) is 4.09. The van der Waals surface area contributed by atoms with Crippen LogP contribution in [0.3, 0.4) is 0 Å². The zero-order chi connectivity index (χ0) is 13.1. The van der Waals surface area contributed by atoms with Crippen molar-refractivity contribution >= 4 is 6.16 Å². The average molecular weight is 198 g/mol. The lowest BCUT2D eigenvalue weighted by Gasteiger charge is -2.18. The molecule has 0 fully saturated rings. The van der Waals surface area contributed by atoms with Crippen molar-refractivity contribution in [2.45, 2.75) is 26.3 Å². The van der Waals surface area contributed by atoms with Gasteiger partial charge in [0, 0.05) is 16.4 Å². The minimum atomic E-state index is -2.42. The molecular formula is C10H13NO3. The van der Waals surface area contributed by atoms with E-state index in [9.17, 15) is 4.79 Å². The number of hydrogen-bond acceptors (Lipinski definition) is 4. The third-order valence-electron chi connectivity index (χ3n) is 1.16. The molecule has 0 aliphatic heterocycles. The van der Waals surface area contributed by atoms with E-state index < -0.39 is 18.6 Å². The van der Waals surface area contributed by atoms with Gasteiger partial charge in [0.2, 0.25) is 5.88 Å². The number of ether oxygens (including phenoxy) is 2. The first-order valence-corrected chi connectivity index (χ1v) is 4.04. The first kappa shape index (κ1) is 6.81. The van der Waals surface area contributed by atoms with Crippen LogP contribution in [0.1, 0.15) is 24.8 Å². The SMILES string of the molecule is [2H]C([2H])([2H])C(C)(C)OC(=O)Oc1ccccn1. The molecule has 4 heteroatoms. The molecule has 0 saturated heterocycles. The summed E-state index contributed by atoms with van der Waals surface area (Å²) < 4.78 is 31.0. The zero-order valence-electron chi connectivity index (χ0n) is 11.0. The van der Waals surface area contributed by atoms with Crippen LogP contribution in [0.2, 0.25) is 0 Å². The molecule has 0 aromatic carbocycles. The first-order valence-electron chi connectivity index (χ1n) is 5.54. The van der Waals surface area contributed by atoms with E-state index in [1.54, 1.807) is 12.1 Å². The molecule has 1 heterocycles. The lowest BCUT2D eigenvalue weighted by atomic mass is 10.2. The van der Waals surface area contributed by atoms with Gasteiger partial charge in [-0.2, -0.15) is 0 Å². The summed E-state index contributed by atoms with van der Waals surface area (Å²) in [6, 6.07) is 4.75. The van der Waals surface area contributed by atoms with Gasteiger partial charge in [0.1, 0.15) is 5.60 Å². The summed E-state index contributed by atoms with van der Waals surface area (Å²) in [5, 5.41) is 0. The van der Waals surface area contributed by atoms with Crippen LogP contribution >= 0.6 is 0 Å². The minimum absolute atomic E-state index is 0.0545. The Kier molecular flexibility index (Phi) is 1.99. The van der Waals surface area contributed by atoms with Crippen molar-refractivity contribution in [3.63, 3.8) is 0 Å². The van der Waals surface area contributed by atoms with Crippen molar-refractivity contribution < 1.29 is 18.4 Å². The maximum atomic E-state index is 11.3. The predicted molar refractivity (Wildman–Crippen MR) is 51.1 cm³/mol. The lowest BCUT2D eigenvalue weighted by molar-refractivity contribution is 0.0197. The van der Waals surface area contributed by atoms with Crippen LogP contribution in [-0.2, 0) is 4.74 Å². The number of carbonyl (C=O) groups is 1. The molecule has 0 aliphatic rings. The van der Waals surface area contributed by atoms with Gasteiger partial charge in [0.25, 0.3) is 0 Å². The third-order valence-corrected chi connectivity index (χ3v) is 1.16. The third kappa shape index (κ3) is 3.89. The van der Waals surface area contributed by atoms with Gasteiger partial charge in [0.05, 0.1) is 0 Å². The van der Waals surface area contributed by atoms with Gasteiger partial charge in [-0.1, -0.05) is 6.07 Å². The molecule has 0 N–H and O–H groups in total. The highest BCUT2D eigenvalue weighted by molar-refractivity contribution is 5.63. The van der Waals surface area contributed by atoms with Gasteiger partial charge in [-0.15, -0.1) is 0 Å². The van der Waals surface area contributed by atoms with Gasteiger partial charge in [-0.3, -0.25) is 0 Å². The monoisotopic (exact) mass is 198 g/mol. The van der Waals surface area contributed by atoms with Crippen molar-refractivity contribution in [2.75, 3.05) is 0 Å². The summed E-state index contributed by atoms with van der Waals surface area (Å²) in [6.07, 6.45) is 0.349. The molecule has 14 heavy (non-hydrogen) atoms. The van der Waals surface area contributed by atoms with Crippen LogP contribution in [0.15, 0.2) is 24.4 Å². The molecule has 0 spiro atoms. The van der Waals surface area contributed by atoms with Crippen LogP contribution < -0.4 is 4.74 Å². The van der Waals surface area contributed by atoms with E-state index in [1.165, 1.54) is 26.1 Å². The fourth-order valence-electron chi connectivity index (χ4n) is 0.722. The van der Waals surface area contributed by atoms with E-state index in [-0.39, 0.29) is 5.88 Å². The predicted octanol–water partition coefficient (Wildman–Crippen LogP) is 2.40. The second-order valence-corrected chi connectivity index (χ2v) is 3.13. The highest BCUT2D eigenvalue weighted by Crippen LogP contribution is 2.10. The highest BCUT2D eigenvalue weighted by Gasteiger charge is 2.18. The Morgan fingerprint density at radius 3 is 2.93 bits per heavy atom. The van der Waals surface area contributed by atoms with Crippen LogP contribution in [0.25, 0.3) is 0 Å². The summed E-state index contributed by atoms with van der Waals surface area (Å²) in [5.41, 5.74) is -1.61. The fourth-order valence-corrected chi connectivity index (χ4v) is 0.722. The Balaban J connectivity index is 2.62.